The van der Waals surface area contributed by atoms with Crippen LogP contribution in [-0.2, 0) is 17.9 Å². The van der Waals surface area contributed by atoms with Crippen molar-refractivity contribution in [3.63, 3.8) is 0 Å². The number of unbranched alkanes of at least 4 members (excludes halogenated alkanes) is 1. The van der Waals surface area contributed by atoms with Gasteiger partial charge in [-0.1, -0.05) is 20.3 Å². The van der Waals surface area contributed by atoms with Crippen LogP contribution in [0.3, 0.4) is 0 Å². The summed E-state index contributed by atoms with van der Waals surface area (Å²) in [6, 6.07) is 1.73. The van der Waals surface area contributed by atoms with Crippen molar-refractivity contribution in [2.24, 2.45) is 0 Å². The number of hydrogen-bond donors (Lipinski definition) is 0. The van der Waals surface area contributed by atoms with Crippen LogP contribution in [0.2, 0.25) is 0 Å². The van der Waals surface area contributed by atoms with Crippen molar-refractivity contribution in [1.29, 1.82) is 0 Å². The predicted octanol–water partition coefficient (Wildman–Crippen LogP) is 1.89. The smallest absolute Gasteiger partial charge is 0.332 e. The summed E-state index contributed by atoms with van der Waals surface area (Å²) in [5.74, 6) is -0.116. The second kappa shape index (κ2) is 7.59. The number of thiophene rings is 1. The molecule has 0 spiro atoms. The number of rotatable bonds is 7. The molecule has 6 nitrogen and oxygen atoms in total. The molecule has 0 aliphatic carbocycles. The fraction of sp³-hybridized carbons (Fsp3) is 0.562. The molecular formula is C16H23N3O3S. The largest absolute Gasteiger partial charge is 0.344 e. The number of fused-ring (bicyclic) bond motifs is 1. The second-order valence-corrected chi connectivity index (χ2v) is 6.55. The lowest BCUT2D eigenvalue weighted by atomic mass is 10.3. The summed E-state index contributed by atoms with van der Waals surface area (Å²) < 4.78 is 3.19. The Hall–Kier alpha value is -1.89. The maximum absolute atomic E-state index is 12.6. The van der Waals surface area contributed by atoms with Crippen molar-refractivity contribution in [2.45, 2.75) is 46.2 Å². The first-order valence-electron chi connectivity index (χ1n) is 7.96. The zero-order chi connectivity index (χ0) is 17.0. The van der Waals surface area contributed by atoms with Crippen LogP contribution >= 0.6 is 11.3 Å². The van der Waals surface area contributed by atoms with Crippen LogP contribution in [0.4, 0.5) is 0 Å². The van der Waals surface area contributed by atoms with E-state index < -0.39 is 5.69 Å². The van der Waals surface area contributed by atoms with Crippen molar-refractivity contribution in [3.05, 3.63) is 32.3 Å². The van der Waals surface area contributed by atoms with Crippen molar-refractivity contribution in [2.75, 3.05) is 13.6 Å². The molecule has 0 aliphatic rings. The fourth-order valence-corrected chi connectivity index (χ4v) is 3.33. The van der Waals surface area contributed by atoms with E-state index in [4.69, 9.17) is 0 Å². The number of hydrogen-bond acceptors (Lipinski definition) is 4. The molecule has 2 rings (SSSR count). The molecule has 23 heavy (non-hydrogen) atoms. The number of nitrogens with zero attached hydrogens (tertiary/aromatic N) is 3. The van der Waals surface area contributed by atoms with Crippen molar-refractivity contribution < 1.29 is 4.79 Å². The molecule has 7 heteroatoms. The van der Waals surface area contributed by atoms with Gasteiger partial charge in [-0.15, -0.1) is 11.3 Å². The highest BCUT2D eigenvalue weighted by molar-refractivity contribution is 7.17. The second-order valence-electron chi connectivity index (χ2n) is 5.63. The molecule has 0 bridgehead atoms. The van der Waals surface area contributed by atoms with Gasteiger partial charge in [0.05, 0.1) is 5.52 Å². The Morgan fingerprint density at radius 1 is 1.22 bits per heavy atom. The number of carbonyl (C=O) groups is 1. The lowest BCUT2D eigenvalue weighted by molar-refractivity contribution is -0.130. The quantitative estimate of drug-likeness (QED) is 0.775. The van der Waals surface area contributed by atoms with E-state index in [0.29, 0.717) is 29.7 Å². The molecule has 0 fully saturated rings. The zero-order valence-corrected chi connectivity index (χ0v) is 14.7. The van der Waals surface area contributed by atoms with Gasteiger partial charge in [-0.25, -0.2) is 4.79 Å². The van der Waals surface area contributed by atoms with E-state index in [1.54, 1.807) is 23.4 Å². The van der Waals surface area contributed by atoms with Gasteiger partial charge in [0, 0.05) is 20.1 Å². The molecule has 0 saturated carbocycles. The average Bonchev–Trinajstić information content (AvgIpc) is 3.02. The summed E-state index contributed by atoms with van der Waals surface area (Å²) in [4.78, 5) is 39.0. The Morgan fingerprint density at radius 2 is 1.96 bits per heavy atom. The Kier molecular flexibility index (Phi) is 5.76. The van der Waals surface area contributed by atoms with Gasteiger partial charge in [0.2, 0.25) is 5.91 Å². The molecule has 1 amide bonds. The highest BCUT2D eigenvalue weighted by atomic mass is 32.1. The average molecular weight is 337 g/mol. The third-order valence-corrected chi connectivity index (χ3v) is 4.74. The van der Waals surface area contributed by atoms with Crippen LogP contribution in [0.15, 0.2) is 21.0 Å². The minimum atomic E-state index is -0.403. The Balaban J connectivity index is 2.44. The molecule has 0 N–H and O–H groups in total. The summed E-state index contributed by atoms with van der Waals surface area (Å²) in [7, 11) is 1.75. The first-order chi connectivity index (χ1) is 11.0. The van der Waals surface area contributed by atoms with E-state index in [1.807, 2.05) is 6.92 Å². The molecule has 0 aliphatic heterocycles. The summed E-state index contributed by atoms with van der Waals surface area (Å²) in [5.41, 5.74) is -0.112. The number of aromatic nitrogens is 2. The van der Waals surface area contributed by atoms with E-state index in [1.165, 1.54) is 20.5 Å². The third-order valence-electron chi connectivity index (χ3n) is 3.85. The summed E-state index contributed by atoms with van der Waals surface area (Å²) in [6.45, 7) is 4.99. The number of likely N-dealkylation sites (N-methyl/N-ethyl adjacent to an activating group) is 1. The first-order valence-corrected chi connectivity index (χ1v) is 8.84. The maximum Gasteiger partial charge on any atom is 0.332 e. The van der Waals surface area contributed by atoms with E-state index >= 15 is 0 Å². The third kappa shape index (κ3) is 3.55. The molecule has 2 heterocycles. The van der Waals surface area contributed by atoms with Crippen molar-refractivity contribution in [3.8, 4) is 0 Å². The molecule has 0 saturated heterocycles. The van der Waals surface area contributed by atoms with Crippen LogP contribution < -0.4 is 11.2 Å². The van der Waals surface area contributed by atoms with Gasteiger partial charge >= 0.3 is 5.69 Å². The summed E-state index contributed by atoms with van der Waals surface area (Å²) in [5, 5.41) is 1.78. The van der Waals surface area contributed by atoms with Gasteiger partial charge in [-0.2, -0.15) is 0 Å². The molecule has 126 valence electrons. The summed E-state index contributed by atoms with van der Waals surface area (Å²) >= 11 is 1.31. The normalized spacial score (nSPS) is 11.1. The Labute approximate surface area is 139 Å². The highest BCUT2D eigenvalue weighted by Crippen LogP contribution is 2.15. The lowest BCUT2D eigenvalue weighted by Gasteiger charge is -2.18. The van der Waals surface area contributed by atoms with Gasteiger partial charge < -0.3 is 4.90 Å². The van der Waals surface area contributed by atoms with Gasteiger partial charge in [0.1, 0.15) is 11.2 Å². The first kappa shape index (κ1) is 17.5. The minimum Gasteiger partial charge on any atom is -0.344 e. The molecule has 0 aromatic carbocycles. The van der Waals surface area contributed by atoms with E-state index in [2.05, 4.69) is 6.92 Å². The van der Waals surface area contributed by atoms with E-state index in [9.17, 15) is 14.4 Å². The minimum absolute atomic E-state index is 0.0315. The fourth-order valence-electron chi connectivity index (χ4n) is 2.48. The van der Waals surface area contributed by atoms with Crippen molar-refractivity contribution >= 4 is 27.5 Å². The van der Waals surface area contributed by atoms with Gasteiger partial charge in [0.25, 0.3) is 5.56 Å². The van der Waals surface area contributed by atoms with Gasteiger partial charge in [-0.05, 0) is 24.3 Å². The lowest BCUT2D eigenvalue weighted by Crippen LogP contribution is -2.42. The van der Waals surface area contributed by atoms with Crippen LogP contribution in [0.1, 0.15) is 33.1 Å². The van der Waals surface area contributed by atoms with E-state index in [-0.39, 0.29) is 18.0 Å². The molecular weight excluding hydrogens is 314 g/mol. The topological polar surface area (TPSA) is 64.3 Å². The SMILES string of the molecule is CCCCN(C)C(=O)Cn1c(=O)n(CCC)c(=O)c2sccc21. The molecule has 0 atom stereocenters. The zero-order valence-electron chi connectivity index (χ0n) is 13.9. The molecule has 2 aromatic rings. The standard InChI is InChI=1S/C16H23N3O3S/c1-4-6-9-17(3)13(20)11-19-12-7-10-23-14(12)15(21)18(8-5-2)16(19)22/h7,10H,4-6,8-9,11H2,1-3H3. The van der Waals surface area contributed by atoms with Gasteiger partial charge in [0.15, 0.2) is 0 Å². The number of amides is 1. The van der Waals surface area contributed by atoms with Crippen LogP contribution in [0.5, 0.6) is 0 Å². The van der Waals surface area contributed by atoms with E-state index in [0.717, 1.165) is 12.8 Å². The van der Waals surface area contributed by atoms with Crippen molar-refractivity contribution in [1.82, 2.24) is 14.0 Å². The Morgan fingerprint density at radius 3 is 2.61 bits per heavy atom. The van der Waals surface area contributed by atoms with Crippen LogP contribution in [0.25, 0.3) is 10.2 Å². The maximum atomic E-state index is 12.6. The molecule has 0 unspecified atom stereocenters. The molecule has 2 aromatic heterocycles. The number of carbonyl (C=O) groups excluding carboxylic acids is 1. The van der Waals surface area contributed by atoms with Crippen LogP contribution in [-0.4, -0.2) is 33.5 Å². The predicted molar refractivity (Wildman–Crippen MR) is 93.2 cm³/mol. The summed E-state index contributed by atoms with van der Waals surface area (Å²) in [6.07, 6.45) is 2.63. The van der Waals surface area contributed by atoms with Gasteiger partial charge in [-0.3, -0.25) is 18.7 Å². The monoisotopic (exact) mass is 337 g/mol. The Bertz CT molecular complexity index is 803. The highest BCUT2D eigenvalue weighted by Gasteiger charge is 2.17. The molecule has 0 radical (unpaired) electrons. The van der Waals surface area contributed by atoms with Crippen LogP contribution in [0, 0.1) is 0 Å².